The second-order valence-electron chi connectivity index (χ2n) is 3.58. The highest BCUT2D eigenvalue weighted by atomic mass is 32.1. The van der Waals surface area contributed by atoms with Crippen molar-refractivity contribution in [3.05, 3.63) is 11.1 Å². The zero-order valence-corrected chi connectivity index (χ0v) is 8.34. The number of likely N-dealkylation sites (tertiary alicyclic amines) is 1. The molecule has 72 valence electrons. The number of thiazole rings is 1. The van der Waals surface area contributed by atoms with Gasteiger partial charge in [0.05, 0.1) is 4.88 Å². The van der Waals surface area contributed by atoms with Crippen molar-refractivity contribution in [2.24, 2.45) is 0 Å². The van der Waals surface area contributed by atoms with E-state index in [-0.39, 0.29) is 0 Å². The SMILES string of the molecule is CN1CCC(O)(c2cnc(N)s2)C1. The number of nitrogens with two attached hydrogens (primary N) is 1. The van der Waals surface area contributed by atoms with Crippen LogP contribution >= 0.6 is 11.3 Å². The predicted molar refractivity (Wildman–Crippen MR) is 52.5 cm³/mol. The molecule has 13 heavy (non-hydrogen) atoms. The lowest BCUT2D eigenvalue weighted by Crippen LogP contribution is -2.28. The summed E-state index contributed by atoms with van der Waals surface area (Å²) in [5.74, 6) is 0. The Morgan fingerprint density at radius 3 is 3.00 bits per heavy atom. The smallest absolute Gasteiger partial charge is 0.180 e. The van der Waals surface area contributed by atoms with E-state index in [0.717, 1.165) is 17.8 Å². The van der Waals surface area contributed by atoms with Crippen LogP contribution in [0.4, 0.5) is 5.13 Å². The van der Waals surface area contributed by atoms with Crippen molar-refractivity contribution in [2.45, 2.75) is 12.0 Å². The topological polar surface area (TPSA) is 62.4 Å². The lowest BCUT2D eigenvalue weighted by atomic mass is 10.0. The van der Waals surface area contributed by atoms with E-state index in [1.807, 2.05) is 7.05 Å². The van der Waals surface area contributed by atoms with Crippen LogP contribution < -0.4 is 5.73 Å². The number of aromatic nitrogens is 1. The Bertz CT molecular complexity index is 314. The molecule has 1 atom stereocenters. The van der Waals surface area contributed by atoms with Gasteiger partial charge < -0.3 is 15.7 Å². The molecule has 2 rings (SSSR count). The molecule has 1 aromatic rings. The maximum Gasteiger partial charge on any atom is 0.180 e. The molecule has 0 bridgehead atoms. The highest BCUT2D eigenvalue weighted by molar-refractivity contribution is 7.15. The van der Waals surface area contributed by atoms with Crippen molar-refractivity contribution in [1.29, 1.82) is 0 Å². The van der Waals surface area contributed by atoms with Crippen LogP contribution in [-0.2, 0) is 5.60 Å². The molecule has 1 unspecified atom stereocenters. The maximum atomic E-state index is 10.2. The first-order valence-electron chi connectivity index (χ1n) is 4.23. The van der Waals surface area contributed by atoms with Crippen molar-refractivity contribution in [3.8, 4) is 0 Å². The second-order valence-corrected chi connectivity index (χ2v) is 4.64. The molecule has 0 radical (unpaired) electrons. The van der Waals surface area contributed by atoms with Gasteiger partial charge in [0, 0.05) is 19.3 Å². The third-order valence-corrected chi connectivity index (χ3v) is 3.44. The van der Waals surface area contributed by atoms with Crippen LogP contribution in [0.1, 0.15) is 11.3 Å². The van der Waals surface area contributed by atoms with Crippen LogP contribution in [0.5, 0.6) is 0 Å². The number of likely N-dealkylation sites (N-methyl/N-ethyl adjacent to an activating group) is 1. The largest absolute Gasteiger partial charge is 0.383 e. The van der Waals surface area contributed by atoms with Crippen LogP contribution in [0, 0.1) is 0 Å². The highest BCUT2D eigenvalue weighted by Crippen LogP contribution is 2.34. The number of anilines is 1. The van der Waals surface area contributed by atoms with E-state index in [0.29, 0.717) is 11.7 Å². The monoisotopic (exact) mass is 199 g/mol. The van der Waals surface area contributed by atoms with E-state index < -0.39 is 5.60 Å². The molecule has 0 spiro atoms. The summed E-state index contributed by atoms with van der Waals surface area (Å²) in [6, 6.07) is 0. The van der Waals surface area contributed by atoms with Gasteiger partial charge in [0.15, 0.2) is 5.13 Å². The number of aliphatic hydroxyl groups is 1. The number of β-amino-alcohol motifs (C(OH)–C–C–N with tert-alkyl or cyclic N) is 1. The fraction of sp³-hybridized carbons (Fsp3) is 0.625. The Kier molecular flexibility index (Phi) is 2.02. The fourth-order valence-electron chi connectivity index (χ4n) is 1.68. The maximum absolute atomic E-state index is 10.2. The average Bonchev–Trinajstić information content (AvgIpc) is 2.60. The van der Waals surface area contributed by atoms with E-state index in [1.54, 1.807) is 6.20 Å². The molecular formula is C8H13N3OS. The molecule has 3 N–H and O–H groups in total. The Morgan fingerprint density at radius 1 is 1.77 bits per heavy atom. The van der Waals surface area contributed by atoms with E-state index in [1.165, 1.54) is 11.3 Å². The molecular weight excluding hydrogens is 186 g/mol. The Labute approximate surface area is 81.0 Å². The molecule has 0 amide bonds. The summed E-state index contributed by atoms with van der Waals surface area (Å²) in [7, 11) is 2.00. The number of hydrogen-bond acceptors (Lipinski definition) is 5. The third-order valence-electron chi connectivity index (χ3n) is 2.42. The summed E-state index contributed by atoms with van der Waals surface area (Å²) in [4.78, 5) is 6.94. The summed E-state index contributed by atoms with van der Waals surface area (Å²) in [5.41, 5.74) is 4.80. The highest BCUT2D eigenvalue weighted by Gasteiger charge is 2.37. The van der Waals surface area contributed by atoms with Crippen molar-refractivity contribution in [3.63, 3.8) is 0 Å². The molecule has 5 heteroatoms. The first-order chi connectivity index (χ1) is 6.10. The molecule has 4 nitrogen and oxygen atoms in total. The fourth-order valence-corrected chi connectivity index (χ4v) is 2.48. The molecule has 1 aliphatic rings. The van der Waals surface area contributed by atoms with Gasteiger partial charge >= 0.3 is 0 Å². The summed E-state index contributed by atoms with van der Waals surface area (Å²) >= 11 is 1.38. The minimum Gasteiger partial charge on any atom is -0.383 e. The average molecular weight is 199 g/mol. The van der Waals surface area contributed by atoms with Crippen LogP contribution in [0.3, 0.4) is 0 Å². The minimum atomic E-state index is -0.718. The van der Waals surface area contributed by atoms with Gasteiger partial charge in [-0.1, -0.05) is 11.3 Å². The Hall–Kier alpha value is -0.650. The van der Waals surface area contributed by atoms with Gasteiger partial charge in [-0.25, -0.2) is 4.98 Å². The summed E-state index contributed by atoms with van der Waals surface area (Å²) in [6.07, 6.45) is 2.45. The Balaban J connectivity index is 2.25. The third kappa shape index (κ3) is 1.54. The Morgan fingerprint density at radius 2 is 2.54 bits per heavy atom. The predicted octanol–water partition coefficient (Wildman–Crippen LogP) is 0.248. The molecule has 0 saturated carbocycles. The standard InChI is InChI=1S/C8H13N3OS/c1-11-3-2-8(12,5-11)6-4-10-7(9)13-6/h4,12H,2-3,5H2,1H3,(H2,9,10). The summed E-state index contributed by atoms with van der Waals surface area (Å²) in [6.45, 7) is 1.60. The van der Waals surface area contributed by atoms with E-state index >= 15 is 0 Å². The molecule has 1 fully saturated rings. The van der Waals surface area contributed by atoms with Gasteiger partial charge in [-0.2, -0.15) is 0 Å². The van der Waals surface area contributed by atoms with Crippen LogP contribution in [0.15, 0.2) is 6.20 Å². The van der Waals surface area contributed by atoms with Gasteiger partial charge in [0.2, 0.25) is 0 Å². The van der Waals surface area contributed by atoms with Crippen molar-refractivity contribution in [1.82, 2.24) is 9.88 Å². The molecule has 1 aromatic heterocycles. The molecule has 0 aliphatic carbocycles. The van der Waals surface area contributed by atoms with Crippen molar-refractivity contribution in [2.75, 3.05) is 25.9 Å². The van der Waals surface area contributed by atoms with Gasteiger partial charge in [0.1, 0.15) is 5.60 Å². The molecule has 1 saturated heterocycles. The summed E-state index contributed by atoms with van der Waals surface area (Å²) in [5, 5.41) is 10.7. The van der Waals surface area contributed by atoms with Crippen LogP contribution in [0.25, 0.3) is 0 Å². The first-order valence-corrected chi connectivity index (χ1v) is 5.04. The molecule has 2 heterocycles. The van der Waals surface area contributed by atoms with E-state index in [9.17, 15) is 5.11 Å². The molecule has 0 aromatic carbocycles. The normalized spacial score (nSPS) is 29.7. The minimum absolute atomic E-state index is 0.526. The number of nitrogens with zero attached hydrogens (tertiary/aromatic N) is 2. The van der Waals surface area contributed by atoms with E-state index in [4.69, 9.17) is 5.73 Å². The van der Waals surface area contributed by atoms with Crippen LogP contribution in [0.2, 0.25) is 0 Å². The summed E-state index contributed by atoms with van der Waals surface area (Å²) < 4.78 is 0. The quantitative estimate of drug-likeness (QED) is 0.680. The van der Waals surface area contributed by atoms with Gasteiger partial charge in [0.25, 0.3) is 0 Å². The molecule has 1 aliphatic heterocycles. The van der Waals surface area contributed by atoms with Crippen molar-refractivity contribution < 1.29 is 5.11 Å². The van der Waals surface area contributed by atoms with Crippen molar-refractivity contribution >= 4 is 16.5 Å². The number of nitrogen functional groups attached to an aromatic ring is 1. The van der Waals surface area contributed by atoms with Gasteiger partial charge in [-0.05, 0) is 13.5 Å². The zero-order chi connectivity index (χ0) is 9.47. The number of hydrogen-bond donors (Lipinski definition) is 2. The van der Waals surface area contributed by atoms with Gasteiger partial charge in [-0.15, -0.1) is 0 Å². The number of rotatable bonds is 1. The first kappa shape index (κ1) is 8.93. The lowest BCUT2D eigenvalue weighted by molar-refractivity contribution is 0.0524. The van der Waals surface area contributed by atoms with E-state index in [2.05, 4.69) is 9.88 Å². The lowest BCUT2D eigenvalue weighted by Gasteiger charge is -2.19. The van der Waals surface area contributed by atoms with Gasteiger partial charge in [-0.3, -0.25) is 0 Å². The second kappa shape index (κ2) is 2.94. The zero-order valence-electron chi connectivity index (χ0n) is 7.53. The van der Waals surface area contributed by atoms with Crippen LogP contribution in [-0.4, -0.2) is 35.1 Å².